The highest BCUT2D eigenvalue weighted by Crippen LogP contribution is 2.46. The Morgan fingerprint density at radius 1 is 0.388 bits per heavy atom. The molecule has 0 unspecified atom stereocenters. The van der Waals surface area contributed by atoms with Crippen LogP contribution in [0.4, 0.5) is 5.69 Å². The molecule has 1 heterocycles. The van der Waals surface area contributed by atoms with Gasteiger partial charge < -0.3 is 4.57 Å². The second kappa shape index (κ2) is 10.7. The van der Waals surface area contributed by atoms with Gasteiger partial charge in [0.1, 0.15) is 0 Å². The minimum absolute atomic E-state index is 0.644. The smallest absolute Gasteiger partial charge is 0.188 e. The van der Waals surface area contributed by atoms with Gasteiger partial charge in [0.15, 0.2) is 5.69 Å². The van der Waals surface area contributed by atoms with Gasteiger partial charge in [0.2, 0.25) is 0 Å². The van der Waals surface area contributed by atoms with E-state index in [0.717, 1.165) is 33.1 Å². The van der Waals surface area contributed by atoms with Gasteiger partial charge in [-0.3, -0.25) is 0 Å². The van der Waals surface area contributed by atoms with Crippen LogP contribution in [-0.2, 0) is 0 Å². The molecule has 0 fully saturated rings. The minimum Gasteiger partial charge on any atom is -0.309 e. The van der Waals surface area contributed by atoms with E-state index >= 15 is 0 Å². The Hall–Kier alpha value is -6.69. The fraction of sp³-hybridized carbons (Fsp3) is 0. The summed E-state index contributed by atoms with van der Waals surface area (Å²) in [7, 11) is 0. The number of fused-ring (bicyclic) bond motifs is 7. The third-order valence-electron chi connectivity index (χ3n) is 10.1. The van der Waals surface area contributed by atoms with Crippen LogP contribution < -0.4 is 0 Å². The maximum Gasteiger partial charge on any atom is 0.188 e. The third-order valence-corrected chi connectivity index (χ3v) is 10.1. The van der Waals surface area contributed by atoms with E-state index in [2.05, 4.69) is 167 Å². The molecular formula is C47H28N2. The van der Waals surface area contributed by atoms with Gasteiger partial charge in [0.05, 0.1) is 17.6 Å². The van der Waals surface area contributed by atoms with Gasteiger partial charge in [-0.1, -0.05) is 133 Å². The summed E-state index contributed by atoms with van der Waals surface area (Å²) in [5.74, 6) is 0. The van der Waals surface area contributed by atoms with Crippen molar-refractivity contribution in [3.8, 4) is 27.9 Å². The van der Waals surface area contributed by atoms with Crippen molar-refractivity contribution in [2.75, 3.05) is 0 Å². The van der Waals surface area contributed by atoms with Gasteiger partial charge in [-0.15, -0.1) is 0 Å². The Labute approximate surface area is 283 Å². The molecular weight excluding hydrogens is 593 g/mol. The molecule has 0 radical (unpaired) electrons. The molecule has 0 N–H and O–H groups in total. The molecule has 10 rings (SSSR count). The molecule has 0 aliphatic carbocycles. The molecule has 1 aromatic heterocycles. The normalized spacial score (nSPS) is 11.7. The zero-order valence-corrected chi connectivity index (χ0v) is 26.6. The lowest BCUT2D eigenvalue weighted by atomic mass is 9.84. The van der Waals surface area contributed by atoms with Gasteiger partial charge in [-0.2, -0.15) is 0 Å². The van der Waals surface area contributed by atoms with E-state index in [1.54, 1.807) is 0 Å². The van der Waals surface area contributed by atoms with Crippen LogP contribution in [0.15, 0.2) is 170 Å². The number of nitrogens with zero attached hydrogens (tertiary/aromatic N) is 2. The zero-order chi connectivity index (χ0) is 32.5. The topological polar surface area (TPSA) is 9.29 Å². The SMILES string of the molecule is [C-]#[N+]c1ccc2c(c1)c1cc(-c3c4ccccc4c(-c4cccc5ccccc45)c4ccccc34)ccc1n2-c1ccc2ccccc2c1. The first kappa shape index (κ1) is 27.4. The molecule has 10 aromatic rings. The van der Waals surface area contributed by atoms with E-state index in [4.69, 9.17) is 6.57 Å². The van der Waals surface area contributed by atoms with Crippen molar-refractivity contribution in [2.45, 2.75) is 0 Å². The Kier molecular flexibility index (Phi) is 5.97. The van der Waals surface area contributed by atoms with E-state index in [9.17, 15) is 0 Å². The van der Waals surface area contributed by atoms with Gasteiger partial charge in [-0.05, 0) is 107 Å². The molecule has 2 heteroatoms. The van der Waals surface area contributed by atoms with Gasteiger partial charge in [0, 0.05) is 11.1 Å². The standard InChI is InChI=1S/C47H28N2/c1-48-34-23-26-45-43(29-34)42-28-33(22-25-44(42)49(45)35-24-21-30-11-2-3-13-32(30)27-35)46-38-16-6-8-18-40(38)47(41-19-9-7-17-39(41)46)37-20-10-14-31-12-4-5-15-36(31)37/h2-29H. The van der Waals surface area contributed by atoms with E-state index < -0.39 is 0 Å². The molecule has 0 spiro atoms. The number of hydrogen-bond acceptors (Lipinski definition) is 0. The summed E-state index contributed by atoms with van der Waals surface area (Å²) in [6.45, 7) is 7.81. The Morgan fingerprint density at radius 2 is 0.959 bits per heavy atom. The highest BCUT2D eigenvalue weighted by molar-refractivity contribution is 6.24. The first-order valence-electron chi connectivity index (χ1n) is 16.6. The Bertz CT molecular complexity index is 2950. The van der Waals surface area contributed by atoms with Gasteiger partial charge >= 0.3 is 0 Å². The summed E-state index contributed by atoms with van der Waals surface area (Å²) >= 11 is 0. The molecule has 0 saturated heterocycles. The van der Waals surface area contributed by atoms with Crippen molar-refractivity contribution in [1.82, 2.24) is 4.57 Å². The second-order valence-corrected chi connectivity index (χ2v) is 12.8. The molecule has 0 bridgehead atoms. The monoisotopic (exact) mass is 620 g/mol. The van der Waals surface area contributed by atoms with Crippen molar-refractivity contribution in [3.05, 3.63) is 181 Å². The first-order valence-corrected chi connectivity index (χ1v) is 16.6. The summed E-state index contributed by atoms with van der Waals surface area (Å²) < 4.78 is 2.34. The lowest BCUT2D eigenvalue weighted by molar-refractivity contribution is 1.19. The maximum absolute atomic E-state index is 7.81. The van der Waals surface area contributed by atoms with Gasteiger partial charge in [0.25, 0.3) is 0 Å². The molecule has 226 valence electrons. The predicted molar refractivity (Wildman–Crippen MR) is 208 cm³/mol. The largest absolute Gasteiger partial charge is 0.309 e. The summed E-state index contributed by atoms with van der Waals surface area (Å²) in [4.78, 5) is 3.81. The van der Waals surface area contributed by atoms with Crippen LogP contribution in [0.2, 0.25) is 0 Å². The molecule has 0 atom stereocenters. The molecule has 0 saturated carbocycles. The minimum atomic E-state index is 0.644. The summed E-state index contributed by atoms with van der Waals surface area (Å²) in [6.07, 6.45) is 0. The van der Waals surface area contributed by atoms with E-state index in [0.29, 0.717) is 5.69 Å². The predicted octanol–water partition coefficient (Wildman–Crippen LogP) is 13.3. The molecule has 9 aromatic carbocycles. The molecule has 0 aliphatic heterocycles. The van der Waals surface area contributed by atoms with Crippen molar-refractivity contribution in [1.29, 1.82) is 0 Å². The van der Waals surface area contributed by atoms with E-state index in [1.165, 1.54) is 59.8 Å². The summed E-state index contributed by atoms with van der Waals surface area (Å²) in [6, 6.07) is 61.1. The van der Waals surface area contributed by atoms with Crippen LogP contribution in [-0.4, -0.2) is 4.57 Å². The Morgan fingerprint density at radius 3 is 1.67 bits per heavy atom. The third kappa shape index (κ3) is 4.13. The van der Waals surface area contributed by atoms with Crippen LogP contribution in [0.25, 0.3) is 97.7 Å². The maximum atomic E-state index is 7.81. The lowest BCUT2D eigenvalue weighted by Gasteiger charge is -2.19. The fourth-order valence-corrected chi connectivity index (χ4v) is 8.00. The van der Waals surface area contributed by atoms with E-state index in [1.807, 2.05) is 12.1 Å². The summed E-state index contributed by atoms with van der Waals surface area (Å²) in [5, 5.41) is 12.1. The van der Waals surface area contributed by atoms with Crippen molar-refractivity contribution in [3.63, 3.8) is 0 Å². The van der Waals surface area contributed by atoms with Crippen LogP contribution in [0.1, 0.15) is 0 Å². The quantitative estimate of drug-likeness (QED) is 0.137. The molecule has 49 heavy (non-hydrogen) atoms. The van der Waals surface area contributed by atoms with Crippen LogP contribution in [0.3, 0.4) is 0 Å². The second-order valence-electron chi connectivity index (χ2n) is 12.8. The van der Waals surface area contributed by atoms with Crippen LogP contribution in [0, 0.1) is 6.57 Å². The molecule has 0 aliphatic rings. The highest BCUT2D eigenvalue weighted by atomic mass is 15.0. The van der Waals surface area contributed by atoms with Crippen molar-refractivity contribution in [2.24, 2.45) is 0 Å². The highest BCUT2D eigenvalue weighted by Gasteiger charge is 2.20. The number of aromatic nitrogens is 1. The van der Waals surface area contributed by atoms with Gasteiger partial charge in [-0.25, -0.2) is 4.85 Å². The van der Waals surface area contributed by atoms with Crippen molar-refractivity contribution < 1.29 is 0 Å². The van der Waals surface area contributed by atoms with Crippen LogP contribution >= 0.6 is 0 Å². The Balaban J connectivity index is 1.29. The van der Waals surface area contributed by atoms with E-state index in [-0.39, 0.29) is 0 Å². The summed E-state index contributed by atoms with van der Waals surface area (Å²) in [5.41, 5.74) is 8.87. The lowest BCUT2D eigenvalue weighted by Crippen LogP contribution is -1.94. The average Bonchev–Trinajstić information content (AvgIpc) is 3.49. The average molecular weight is 621 g/mol. The molecule has 2 nitrogen and oxygen atoms in total. The number of rotatable bonds is 3. The molecule has 0 amide bonds. The van der Waals surface area contributed by atoms with Crippen LogP contribution in [0.5, 0.6) is 0 Å². The zero-order valence-electron chi connectivity index (χ0n) is 26.6. The van der Waals surface area contributed by atoms with Crippen molar-refractivity contribution >= 4 is 70.6 Å². The first-order chi connectivity index (χ1) is 24.3. The fourth-order valence-electron chi connectivity index (χ4n) is 8.00. The number of hydrogen-bond donors (Lipinski definition) is 0. The number of benzene rings is 9.